The summed E-state index contributed by atoms with van der Waals surface area (Å²) in [6.07, 6.45) is -3.62. The molecule has 0 spiro atoms. The van der Waals surface area contributed by atoms with Gasteiger partial charge in [-0.1, -0.05) is 39.9 Å². The maximum atomic E-state index is 11.1. The standard InChI is InChI=1S/C13H17Cl3N4O6/c1-5(21)22-4-6-8-9(26-12(2,3)25-8)7(19-20-18)10(23-6)24-11(17)13(14,15)16/h6-10,17H,4H2,1-3H3/t6-,7-,8+,9-,10+/m1/s1. The monoisotopic (exact) mass is 430 g/mol. The first kappa shape index (κ1) is 21.3. The largest absolute Gasteiger partial charge is 0.463 e. The molecular formula is C13H17Cl3N4O6. The second-order valence-corrected chi connectivity index (χ2v) is 8.33. The van der Waals surface area contributed by atoms with Crippen molar-refractivity contribution in [2.24, 2.45) is 5.11 Å². The predicted octanol–water partition coefficient (Wildman–Crippen LogP) is 2.84. The number of ether oxygens (including phenoxy) is 5. The van der Waals surface area contributed by atoms with Crippen LogP contribution in [0.3, 0.4) is 0 Å². The summed E-state index contributed by atoms with van der Waals surface area (Å²) in [5, 5.41) is 11.3. The van der Waals surface area contributed by atoms with Crippen molar-refractivity contribution in [1.29, 1.82) is 5.41 Å². The summed E-state index contributed by atoms with van der Waals surface area (Å²) >= 11 is 16.9. The Morgan fingerprint density at radius 2 is 1.96 bits per heavy atom. The zero-order chi connectivity index (χ0) is 19.7. The highest BCUT2D eigenvalue weighted by Crippen LogP contribution is 2.40. The van der Waals surface area contributed by atoms with Gasteiger partial charge in [-0.05, 0) is 19.4 Å². The average molecular weight is 432 g/mol. The molecule has 0 bridgehead atoms. The van der Waals surface area contributed by atoms with Gasteiger partial charge in [-0.3, -0.25) is 10.2 Å². The molecule has 0 aliphatic carbocycles. The summed E-state index contributed by atoms with van der Waals surface area (Å²) in [6, 6.07) is -1.03. The van der Waals surface area contributed by atoms with Gasteiger partial charge in [0.05, 0.1) is 0 Å². The molecule has 0 aromatic heterocycles. The van der Waals surface area contributed by atoms with Gasteiger partial charge in [0.2, 0.25) is 12.2 Å². The van der Waals surface area contributed by atoms with Crippen LogP contribution in [0.5, 0.6) is 0 Å². The summed E-state index contributed by atoms with van der Waals surface area (Å²) < 4.78 is 25.4. The molecule has 0 unspecified atom stereocenters. The number of azide groups is 1. The van der Waals surface area contributed by atoms with Crippen LogP contribution in [-0.4, -0.2) is 58.7 Å². The smallest absolute Gasteiger partial charge is 0.302 e. The van der Waals surface area contributed by atoms with Gasteiger partial charge >= 0.3 is 5.97 Å². The van der Waals surface area contributed by atoms with Crippen molar-refractivity contribution in [3.8, 4) is 0 Å². The van der Waals surface area contributed by atoms with E-state index in [2.05, 4.69) is 10.0 Å². The van der Waals surface area contributed by atoms with Gasteiger partial charge in [0.15, 0.2) is 5.79 Å². The Kier molecular flexibility index (Phi) is 6.50. The van der Waals surface area contributed by atoms with E-state index in [-0.39, 0.29) is 6.61 Å². The minimum atomic E-state index is -2.14. The fourth-order valence-electron chi connectivity index (χ4n) is 2.65. The zero-order valence-corrected chi connectivity index (χ0v) is 16.3. The van der Waals surface area contributed by atoms with Gasteiger partial charge in [-0.2, -0.15) is 0 Å². The maximum absolute atomic E-state index is 11.1. The van der Waals surface area contributed by atoms with Crippen LogP contribution < -0.4 is 0 Å². The summed E-state index contributed by atoms with van der Waals surface area (Å²) in [5.41, 5.74) is 8.87. The Hall–Kier alpha value is -1.00. The van der Waals surface area contributed by atoms with Crippen molar-refractivity contribution >= 4 is 46.7 Å². The van der Waals surface area contributed by atoms with Gasteiger partial charge in [0.25, 0.3) is 3.79 Å². The molecule has 0 amide bonds. The van der Waals surface area contributed by atoms with Crippen LogP contribution in [-0.2, 0) is 28.5 Å². The summed E-state index contributed by atoms with van der Waals surface area (Å²) in [6.45, 7) is 4.41. The SMILES string of the molecule is CC(=O)OC[C@H]1O[C@@H](OC(=N)C(Cl)(Cl)Cl)[C@H](N=[N+]=[N-])[C@H]2OC(C)(C)O[C@H]21. The lowest BCUT2D eigenvalue weighted by molar-refractivity contribution is -0.224. The number of carbonyl (C=O) groups excluding carboxylic acids is 1. The van der Waals surface area contributed by atoms with Crippen LogP contribution >= 0.6 is 34.8 Å². The maximum Gasteiger partial charge on any atom is 0.302 e. The van der Waals surface area contributed by atoms with Crippen LogP contribution in [0, 0.1) is 5.41 Å². The number of nitrogens with one attached hydrogen (secondary N) is 1. The molecule has 2 heterocycles. The summed E-state index contributed by atoms with van der Waals surface area (Å²) in [5.74, 6) is -2.26. The molecule has 146 valence electrons. The predicted molar refractivity (Wildman–Crippen MR) is 91.2 cm³/mol. The highest BCUT2D eigenvalue weighted by atomic mass is 35.6. The van der Waals surface area contributed by atoms with Crippen molar-refractivity contribution in [3.63, 3.8) is 0 Å². The van der Waals surface area contributed by atoms with E-state index < -0.39 is 52.1 Å². The molecule has 2 fully saturated rings. The van der Waals surface area contributed by atoms with Crippen LogP contribution in [0.25, 0.3) is 10.4 Å². The van der Waals surface area contributed by atoms with Gasteiger partial charge in [-0.15, -0.1) is 0 Å². The van der Waals surface area contributed by atoms with E-state index in [0.717, 1.165) is 0 Å². The number of rotatable bonds is 4. The Balaban J connectivity index is 2.29. The first-order chi connectivity index (χ1) is 11.9. The lowest BCUT2D eigenvalue weighted by atomic mass is 9.98. The molecule has 1 N–H and O–H groups in total. The fraction of sp³-hybridized carbons (Fsp3) is 0.846. The Labute approximate surface area is 164 Å². The minimum Gasteiger partial charge on any atom is -0.463 e. The van der Waals surface area contributed by atoms with Gasteiger partial charge < -0.3 is 23.7 Å². The van der Waals surface area contributed by atoms with E-state index in [4.69, 9.17) is 69.4 Å². The summed E-state index contributed by atoms with van der Waals surface area (Å²) in [4.78, 5) is 13.9. The van der Waals surface area contributed by atoms with Crippen molar-refractivity contribution in [3.05, 3.63) is 10.4 Å². The molecule has 10 nitrogen and oxygen atoms in total. The van der Waals surface area contributed by atoms with Gasteiger partial charge in [0.1, 0.15) is 31.0 Å². The Morgan fingerprint density at radius 1 is 1.35 bits per heavy atom. The molecular weight excluding hydrogens is 415 g/mol. The quantitative estimate of drug-likeness (QED) is 0.138. The second kappa shape index (κ2) is 7.93. The third-order valence-electron chi connectivity index (χ3n) is 3.58. The number of fused-ring (bicyclic) bond motifs is 1. The fourth-order valence-corrected chi connectivity index (χ4v) is 2.78. The number of carbonyl (C=O) groups is 1. The number of hydrogen-bond acceptors (Lipinski definition) is 8. The molecule has 2 aliphatic rings. The van der Waals surface area contributed by atoms with Crippen molar-refractivity contribution in [2.45, 2.75) is 61.0 Å². The van der Waals surface area contributed by atoms with Crippen LogP contribution in [0.1, 0.15) is 20.8 Å². The molecule has 13 heteroatoms. The molecule has 2 aliphatic heterocycles. The first-order valence-corrected chi connectivity index (χ1v) is 8.59. The lowest BCUT2D eigenvalue weighted by Gasteiger charge is -2.40. The molecule has 0 radical (unpaired) electrons. The van der Waals surface area contributed by atoms with Crippen LogP contribution in [0.2, 0.25) is 0 Å². The Bertz CT molecular complexity index is 621. The van der Waals surface area contributed by atoms with E-state index in [0.29, 0.717) is 0 Å². The van der Waals surface area contributed by atoms with Crippen molar-refractivity contribution in [2.75, 3.05) is 6.61 Å². The van der Waals surface area contributed by atoms with E-state index in [9.17, 15) is 4.79 Å². The number of halogens is 3. The molecule has 0 aromatic carbocycles. The van der Waals surface area contributed by atoms with Crippen LogP contribution in [0.15, 0.2) is 5.11 Å². The van der Waals surface area contributed by atoms with Gasteiger partial charge in [0, 0.05) is 11.8 Å². The molecule has 0 aromatic rings. The van der Waals surface area contributed by atoms with Gasteiger partial charge in [-0.25, -0.2) is 0 Å². The van der Waals surface area contributed by atoms with Crippen molar-refractivity contribution < 1.29 is 28.5 Å². The zero-order valence-electron chi connectivity index (χ0n) is 14.0. The number of esters is 1. The van der Waals surface area contributed by atoms with E-state index >= 15 is 0 Å². The third-order valence-corrected chi connectivity index (χ3v) is 4.10. The highest BCUT2D eigenvalue weighted by Gasteiger charge is 2.56. The third kappa shape index (κ3) is 5.04. The average Bonchev–Trinajstić information content (AvgIpc) is 2.82. The summed E-state index contributed by atoms with van der Waals surface area (Å²) in [7, 11) is 0. The number of nitrogens with zero attached hydrogens (tertiary/aromatic N) is 3. The number of alkyl halides is 3. The first-order valence-electron chi connectivity index (χ1n) is 7.45. The highest BCUT2D eigenvalue weighted by molar-refractivity contribution is 6.76. The van der Waals surface area contributed by atoms with E-state index in [1.165, 1.54) is 6.92 Å². The minimum absolute atomic E-state index is 0.167. The normalized spacial score (nSPS) is 32.9. The molecule has 0 saturated carbocycles. The molecule has 2 saturated heterocycles. The van der Waals surface area contributed by atoms with E-state index in [1.54, 1.807) is 13.8 Å². The Morgan fingerprint density at radius 3 is 2.50 bits per heavy atom. The molecule has 5 atom stereocenters. The molecule has 2 rings (SSSR count). The lowest BCUT2D eigenvalue weighted by Crippen LogP contribution is -2.58. The number of hydrogen-bond donors (Lipinski definition) is 1. The molecule has 26 heavy (non-hydrogen) atoms. The second-order valence-electron chi connectivity index (χ2n) is 6.05. The van der Waals surface area contributed by atoms with E-state index in [1.807, 2.05) is 0 Å². The topological polar surface area (TPSA) is 136 Å². The van der Waals surface area contributed by atoms with Crippen molar-refractivity contribution in [1.82, 2.24) is 0 Å². The van der Waals surface area contributed by atoms with Crippen LogP contribution in [0.4, 0.5) is 0 Å².